The van der Waals surface area contributed by atoms with Crippen LogP contribution in [0.1, 0.15) is 16.1 Å². The number of amides is 1. The van der Waals surface area contributed by atoms with Crippen LogP contribution < -0.4 is 4.90 Å². The van der Waals surface area contributed by atoms with E-state index in [0.717, 1.165) is 5.69 Å². The maximum atomic E-state index is 12.1. The van der Waals surface area contributed by atoms with Crippen LogP contribution >= 0.6 is 0 Å². The van der Waals surface area contributed by atoms with Gasteiger partial charge >= 0.3 is 5.97 Å². The second-order valence-corrected chi connectivity index (χ2v) is 4.46. The highest BCUT2D eigenvalue weighted by molar-refractivity contribution is 6.03. The fourth-order valence-electron chi connectivity index (χ4n) is 1.77. The second kappa shape index (κ2) is 6.04. The molecule has 1 N–H and O–H groups in total. The van der Waals surface area contributed by atoms with Crippen LogP contribution in [0.2, 0.25) is 0 Å². The number of aromatic carboxylic acids is 1. The van der Waals surface area contributed by atoms with Gasteiger partial charge in [-0.15, -0.1) is 0 Å². The van der Waals surface area contributed by atoms with Crippen molar-refractivity contribution in [3.63, 3.8) is 0 Å². The van der Waals surface area contributed by atoms with Crippen LogP contribution in [-0.4, -0.2) is 33.8 Å². The van der Waals surface area contributed by atoms with Crippen molar-refractivity contribution in [1.29, 1.82) is 0 Å². The number of carboxylic acids is 1. The summed E-state index contributed by atoms with van der Waals surface area (Å²) >= 11 is 0. The summed E-state index contributed by atoms with van der Waals surface area (Å²) in [6.07, 6.45) is 4.78. The van der Waals surface area contributed by atoms with Crippen molar-refractivity contribution in [2.75, 3.05) is 11.9 Å². The van der Waals surface area contributed by atoms with Crippen LogP contribution in [0.4, 0.5) is 5.69 Å². The van der Waals surface area contributed by atoms with E-state index in [1.165, 1.54) is 23.1 Å². The SMILES string of the molecule is CN(C(=O)/C=C/c1ccnn1C)c1ccc(C(=O)O)cc1. The molecule has 2 rings (SSSR count). The number of hydrogen-bond donors (Lipinski definition) is 1. The summed E-state index contributed by atoms with van der Waals surface area (Å²) in [7, 11) is 3.42. The molecule has 0 aliphatic heterocycles. The highest BCUT2D eigenvalue weighted by atomic mass is 16.4. The van der Waals surface area contributed by atoms with Gasteiger partial charge in [-0.2, -0.15) is 5.10 Å². The van der Waals surface area contributed by atoms with E-state index < -0.39 is 5.97 Å². The quantitative estimate of drug-likeness (QED) is 0.869. The molecule has 1 aromatic carbocycles. The van der Waals surface area contributed by atoms with Gasteiger partial charge in [0.1, 0.15) is 0 Å². The van der Waals surface area contributed by atoms with E-state index >= 15 is 0 Å². The van der Waals surface area contributed by atoms with Crippen LogP contribution in [-0.2, 0) is 11.8 Å². The summed E-state index contributed by atoms with van der Waals surface area (Å²) < 4.78 is 1.66. The molecule has 1 heterocycles. The van der Waals surface area contributed by atoms with Crippen molar-refractivity contribution in [1.82, 2.24) is 9.78 Å². The molecule has 0 saturated heterocycles. The smallest absolute Gasteiger partial charge is 0.335 e. The molecule has 21 heavy (non-hydrogen) atoms. The first-order valence-corrected chi connectivity index (χ1v) is 6.26. The third kappa shape index (κ3) is 3.36. The standard InChI is InChI=1S/C15H15N3O3/c1-17(12-5-3-11(4-6-12)15(20)21)14(19)8-7-13-9-10-16-18(13)2/h3-10H,1-2H3,(H,20,21)/b8-7+. The Bertz CT molecular complexity index is 686. The highest BCUT2D eigenvalue weighted by Crippen LogP contribution is 2.14. The fourth-order valence-corrected chi connectivity index (χ4v) is 1.77. The predicted molar refractivity (Wildman–Crippen MR) is 79.1 cm³/mol. The fraction of sp³-hybridized carbons (Fsp3) is 0.133. The Labute approximate surface area is 121 Å². The van der Waals surface area contributed by atoms with Crippen molar-refractivity contribution >= 4 is 23.6 Å². The summed E-state index contributed by atoms with van der Waals surface area (Å²) in [6, 6.07) is 7.92. The minimum atomic E-state index is -0.994. The first kappa shape index (κ1) is 14.5. The lowest BCUT2D eigenvalue weighted by Gasteiger charge is -2.15. The Morgan fingerprint density at radius 2 is 1.90 bits per heavy atom. The summed E-state index contributed by atoms with van der Waals surface area (Å²) in [5.41, 5.74) is 1.63. The minimum absolute atomic E-state index is 0.185. The van der Waals surface area contributed by atoms with Crippen LogP contribution in [0.3, 0.4) is 0 Å². The monoisotopic (exact) mass is 285 g/mol. The zero-order chi connectivity index (χ0) is 15.4. The molecule has 0 aliphatic carbocycles. The highest BCUT2D eigenvalue weighted by Gasteiger charge is 2.09. The summed E-state index contributed by atoms with van der Waals surface area (Å²) in [5.74, 6) is -1.20. The Morgan fingerprint density at radius 1 is 1.24 bits per heavy atom. The van der Waals surface area contributed by atoms with Crippen molar-refractivity contribution in [3.05, 3.63) is 53.9 Å². The lowest BCUT2D eigenvalue weighted by atomic mass is 10.2. The summed E-state index contributed by atoms with van der Waals surface area (Å²) in [6.45, 7) is 0. The molecule has 0 radical (unpaired) electrons. The van der Waals surface area contributed by atoms with Gasteiger partial charge in [-0.25, -0.2) is 4.79 Å². The van der Waals surface area contributed by atoms with Gasteiger partial charge in [0.2, 0.25) is 0 Å². The lowest BCUT2D eigenvalue weighted by molar-refractivity contribution is -0.113. The number of rotatable bonds is 4. The van der Waals surface area contributed by atoms with E-state index in [0.29, 0.717) is 5.69 Å². The van der Waals surface area contributed by atoms with Crippen molar-refractivity contribution < 1.29 is 14.7 Å². The Balaban J connectivity index is 2.10. The number of hydrogen-bond acceptors (Lipinski definition) is 3. The molecule has 0 aliphatic rings. The number of carbonyl (C=O) groups excluding carboxylic acids is 1. The zero-order valence-electron chi connectivity index (χ0n) is 11.7. The molecule has 6 nitrogen and oxygen atoms in total. The topological polar surface area (TPSA) is 75.4 Å². The Morgan fingerprint density at radius 3 is 2.43 bits per heavy atom. The Kier molecular flexibility index (Phi) is 4.18. The predicted octanol–water partition coefficient (Wildman–Crippen LogP) is 1.79. The van der Waals surface area contributed by atoms with E-state index in [1.807, 2.05) is 0 Å². The van der Waals surface area contributed by atoms with E-state index in [-0.39, 0.29) is 11.5 Å². The molecule has 108 valence electrons. The normalized spacial score (nSPS) is 10.8. The minimum Gasteiger partial charge on any atom is -0.478 e. The van der Waals surface area contributed by atoms with Crippen LogP contribution in [0, 0.1) is 0 Å². The van der Waals surface area contributed by atoms with Crippen molar-refractivity contribution in [3.8, 4) is 0 Å². The maximum absolute atomic E-state index is 12.1. The molecule has 0 bridgehead atoms. The number of carbonyl (C=O) groups is 2. The zero-order valence-corrected chi connectivity index (χ0v) is 11.7. The number of anilines is 1. The molecule has 0 saturated carbocycles. The first-order chi connectivity index (χ1) is 9.99. The third-order valence-corrected chi connectivity index (χ3v) is 3.09. The van der Waals surface area contributed by atoms with Crippen LogP contribution in [0.25, 0.3) is 6.08 Å². The van der Waals surface area contributed by atoms with Crippen molar-refractivity contribution in [2.45, 2.75) is 0 Å². The van der Waals surface area contributed by atoms with Crippen LogP contribution in [0.5, 0.6) is 0 Å². The third-order valence-electron chi connectivity index (χ3n) is 3.09. The molecule has 0 spiro atoms. The molecule has 2 aromatic rings. The summed E-state index contributed by atoms with van der Waals surface area (Å²) in [5, 5.41) is 12.8. The Hall–Kier alpha value is -2.89. The number of benzene rings is 1. The van der Waals surface area contributed by atoms with Crippen LogP contribution in [0.15, 0.2) is 42.6 Å². The van der Waals surface area contributed by atoms with Gasteiger partial charge in [-0.05, 0) is 36.4 Å². The summed E-state index contributed by atoms with van der Waals surface area (Å²) in [4.78, 5) is 24.3. The maximum Gasteiger partial charge on any atom is 0.335 e. The molecular weight excluding hydrogens is 270 g/mol. The van der Waals surface area contributed by atoms with Gasteiger partial charge in [0.25, 0.3) is 5.91 Å². The number of nitrogens with zero attached hydrogens (tertiary/aromatic N) is 3. The van der Waals surface area contributed by atoms with E-state index in [1.54, 1.807) is 49.2 Å². The molecule has 0 unspecified atom stereocenters. The average Bonchev–Trinajstić information content (AvgIpc) is 2.89. The molecule has 1 amide bonds. The lowest BCUT2D eigenvalue weighted by Crippen LogP contribution is -2.24. The van der Waals surface area contributed by atoms with Gasteiger partial charge < -0.3 is 10.0 Å². The van der Waals surface area contributed by atoms with Crippen molar-refractivity contribution in [2.24, 2.45) is 7.05 Å². The largest absolute Gasteiger partial charge is 0.478 e. The molecular formula is C15H15N3O3. The first-order valence-electron chi connectivity index (χ1n) is 6.26. The van der Waals surface area contributed by atoms with E-state index in [2.05, 4.69) is 5.10 Å². The second-order valence-electron chi connectivity index (χ2n) is 4.46. The molecule has 6 heteroatoms. The van der Waals surface area contributed by atoms with Gasteiger partial charge in [-0.3, -0.25) is 9.48 Å². The number of carboxylic acid groups (broad SMARTS) is 1. The van der Waals surface area contributed by atoms with E-state index in [4.69, 9.17) is 5.11 Å². The number of likely N-dealkylation sites (N-methyl/N-ethyl adjacent to an activating group) is 1. The number of aromatic nitrogens is 2. The molecule has 0 fully saturated rings. The van der Waals surface area contributed by atoms with Gasteiger partial charge in [-0.1, -0.05) is 0 Å². The van der Waals surface area contributed by atoms with Gasteiger partial charge in [0, 0.05) is 32.1 Å². The van der Waals surface area contributed by atoms with Gasteiger partial charge in [0.15, 0.2) is 0 Å². The average molecular weight is 285 g/mol. The molecule has 1 aromatic heterocycles. The number of aryl methyl sites for hydroxylation is 1. The molecule has 0 atom stereocenters. The van der Waals surface area contributed by atoms with E-state index in [9.17, 15) is 9.59 Å². The van der Waals surface area contributed by atoms with Gasteiger partial charge in [0.05, 0.1) is 11.3 Å².